The summed E-state index contributed by atoms with van der Waals surface area (Å²) in [6.45, 7) is 2.31. The van der Waals surface area contributed by atoms with E-state index in [0.717, 1.165) is 23.2 Å². The summed E-state index contributed by atoms with van der Waals surface area (Å²) in [4.78, 5) is 24.7. The first-order valence-corrected chi connectivity index (χ1v) is 10.3. The van der Waals surface area contributed by atoms with Crippen LogP contribution in [0.25, 0.3) is 5.82 Å². The Hall–Kier alpha value is -3.65. The quantitative estimate of drug-likeness (QED) is 0.574. The molecule has 170 valence electrons. The summed E-state index contributed by atoms with van der Waals surface area (Å²) in [7, 11) is 0. The van der Waals surface area contributed by atoms with Crippen LogP contribution >= 0.6 is 11.6 Å². The van der Waals surface area contributed by atoms with Gasteiger partial charge in [-0.3, -0.25) is 4.79 Å². The number of nitrogens with zero attached hydrogens (tertiary/aromatic N) is 7. The fourth-order valence-corrected chi connectivity index (χ4v) is 3.84. The number of halogens is 4. The number of alkyl halides is 3. The van der Waals surface area contributed by atoms with Gasteiger partial charge in [0, 0.05) is 38.6 Å². The Balaban J connectivity index is 1.56. The molecule has 1 aliphatic heterocycles. The van der Waals surface area contributed by atoms with Crippen LogP contribution in [0.1, 0.15) is 17.5 Å². The summed E-state index contributed by atoms with van der Waals surface area (Å²) in [5.74, 6) is 0.539. The number of hydrogen-bond donors (Lipinski definition) is 0. The Morgan fingerprint density at radius 2 is 1.79 bits per heavy atom. The van der Waals surface area contributed by atoms with Crippen molar-refractivity contribution in [3.63, 3.8) is 0 Å². The van der Waals surface area contributed by atoms with Gasteiger partial charge in [-0.2, -0.15) is 28.2 Å². The van der Waals surface area contributed by atoms with E-state index in [1.54, 1.807) is 18.3 Å². The zero-order chi connectivity index (χ0) is 23.6. The van der Waals surface area contributed by atoms with Crippen molar-refractivity contribution in [2.75, 3.05) is 36.0 Å². The highest BCUT2D eigenvalue weighted by atomic mass is 35.5. The minimum atomic E-state index is -4.53. The maximum Gasteiger partial charge on any atom is 0.417 e. The lowest BCUT2D eigenvalue weighted by atomic mass is 10.2. The molecule has 1 aliphatic rings. The minimum absolute atomic E-state index is 0.0670. The van der Waals surface area contributed by atoms with E-state index in [4.69, 9.17) is 11.6 Å². The molecule has 0 unspecified atom stereocenters. The van der Waals surface area contributed by atoms with Crippen molar-refractivity contribution in [2.45, 2.75) is 12.6 Å². The van der Waals surface area contributed by atoms with Gasteiger partial charge in [0.1, 0.15) is 16.9 Å². The first-order valence-electron chi connectivity index (χ1n) is 9.96. The Labute approximate surface area is 191 Å². The third-order valence-electron chi connectivity index (χ3n) is 5.24. The minimum Gasteiger partial charge on any atom is -0.367 e. The van der Waals surface area contributed by atoms with Crippen molar-refractivity contribution >= 4 is 23.1 Å². The molecular weight excluding hydrogens is 459 g/mol. The SMILES string of the molecule is N#Cc1cccnc1N1CCCN(c2cnn(-c3ccc(C(F)(F)F)cn3)c(=O)c2Cl)CC1. The first-order chi connectivity index (χ1) is 15.8. The monoisotopic (exact) mass is 475 g/mol. The molecule has 0 atom stereocenters. The molecule has 12 heteroatoms. The van der Waals surface area contributed by atoms with Crippen LogP contribution < -0.4 is 15.4 Å². The van der Waals surface area contributed by atoms with Gasteiger partial charge >= 0.3 is 6.18 Å². The van der Waals surface area contributed by atoms with Crippen LogP contribution in [-0.4, -0.2) is 45.9 Å². The molecule has 1 saturated heterocycles. The molecule has 3 aromatic rings. The molecule has 0 aromatic carbocycles. The van der Waals surface area contributed by atoms with E-state index in [9.17, 15) is 23.2 Å². The number of aromatic nitrogens is 4. The van der Waals surface area contributed by atoms with Crippen molar-refractivity contribution in [1.82, 2.24) is 19.7 Å². The zero-order valence-electron chi connectivity index (χ0n) is 17.1. The molecule has 0 spiro atoms. The number of pyridine rings is 2. The van der Waals surface area contributed by atoms with Gasteiger partial charge in [0.05, 0.1) is 23.0 Å². The molecule has 0 radical (unpaired) electrons. The summed E-state index contributed by atoms with van der Waals surface area (Å²) in [6, 6.07) is 7.45. The van der Waals surface area contributed by atoms with Crippen LogP contribution in [0.2, 0.25) is 5.02 Å². The van der Waals surface area contributed by atoms with Crippen LogP contribution in [0.15, 0.2) is 47.7 Å². The molecule has 0 aliphatic carbocycles. The van der Waals surface area contributed by atoms with E-state index in [0.29, 0.717) is 49.4 Å². The second-order valence-electron chi connectivity index (χ2n) is 7.28. The standard InChI is InChI=1S/C21H17ClF3N7O/c22-18-16(13-29-32(20(18)33)17-5-4-15(12-28-17)21(23,24)25)30-7-2-8-31(10-9-30)19-14(11-26)3-1-6-27-19/h1,3-6,12-13H,2,7-10H2. The average molecular weight is 476 g/mol. The Kier molecular flexibility index (Phi) is 6.20. The lowest BCUT2D eigenvalue weighted by Crippen LogP contribution is -2.33. The maximum absolute atomic E-state index is 12.8. The molecule has 0 bridgehead atoms. The normalized spacial score (nSPS) is 14.6. The topological polar surface area (TPSA) is 90.9 Å². The van der Waals surface area contributed by atoms with Crippen LogP contribution in [0.3, 0.4) is 0 Å². The van der Waals surface area contributed by atoms with E-state index in [-0.39, 0.29) is 10.8 Å². The van der Waals surface area contributed by atoms with Crippen molar-refractivity contribution in [1.29, 1.82) is 5.26 Å². The molecule has 4 rings (SSSR count). The second kappa shape index (κ2) is 9.07. The molecular formula is C21H17ClF3N7O. The van der Waals surface area contributed by atoms with Gasteiger partial charge in [-0.25, -0.2) is 9.97 Å². The average Bonchev–Trinajstić information content (AvgIpc) is 3.06. The van der Waals surface area contributed by atoms with E-state index >= 15 is 0 Å². The Morgan fingerprint density at radius 3 is 2.48 bits per heavy atom. The van der Waals surface area contributed by atoms with Gasteiger partial charge in [0.15, 0.2) is 5.82 Å². The number of rotatable bonds is 3. The van der Waals surface area contributed by atoms with Gasteiger partial charge < -0.3 is 9.80 Å². The van der Waals surface area contributed by atoms with Crippen molar-refractivity contribution < 1.29 is 13.2 Å². The van der Waals surface area contributed by atoms with Gasteiger partial charge in [-0.15, -0.1) is 0 Å². The smallest absolute Gasteiger partial charge is 0.367 e. The number of anilines is 2. The number of hydrogen-bond acceptors (Lipinski definition) is 7. The summed E-state index contributed by atoms with van der Waals surface area (Å²) in [6.07, 6.45) is -0.132. The third kappa shape index (κ3) is 4.61. The van der Waals surface area contributed by atoms with E-state index in [1.165, 1.54) is 6.20 Å². The predicted molar refractivity (Wildman–Crippen MR) is 116 cm³/mol. The number of nitriles is 1. The molecule has 33 heavy (non-hydrogen) atoms. The van der Waals surface area contributed by atoms with Gasteiger partial charge in [-0.1, -0.05) is 11.6 Å². The lowest BCUT2D eigenvalue weighted by molar-refractivity contribution is -0.137. The molecule has 0 N–H and O–H groups in total. The summed E-state index contributed by atoms with van der Waals surface area (Å²) in [5.41, 5.74) is -0.701. The largest absolute Gasteiger partial charge is 0.417 e. The van der Waals surface area contributed by atoms with Crippen molar-refractivity contribution in [2.24, 2.45) is 0 Å². The molecule has 4 heterocycles. The van der Waals surface area contributed by atoms with Crippen LogP contribution in [-0.2, 0) is 6.18 Å². The van der Waals surface area contributed by atoms with Gasteiger partial charge in [0.2, 0.25) is 0 Å². The van der Waals surface area contributed by atoms with E-state index in [2.05, 4.69) is 21.1 Å². The van der Waals surface area contributed by atoms with Crippen LogP contribution in [0.4, 0.5) is 24.7 Å². The van der Waals surface area contributed by atoms with Gasteiger partial charge in [-0.05, 0) is 30.7 Å². The highest BCUT2D eigenvalue weighted by Gasteiger charge is 2.31. The molecule has 8 nitrogen and oxygen atoms in total. The fraction of sp³-hybridized carbons (Fsp3) is 0.286. The van der Waals surface area contributed by atoms with Crippen molar-refractivity contribution in [3.05, 3.63) is 69.4 Å². The van der Waals surface area contributed by atoms with E-state index in [1.807, 2.05) is 9.80 Å². The highest BCUT2D eigenvalue weighted by molar-refractivity contribution is 6.33. The molecule has 1 fully saturated rings. The second-order valence-corrected chi connectivity index (χ2v) is 7.66. The third-order valence-corrected chi connectivity index (χ3v) is 5.59. The molecule has 0 amide bonds. The first kappa shape index (κ1) is 22.5. The highest BCUT2D eigenvalue weighted by Crippen LogP contribution is 2.29. The van der Waals surface area contributed by atoms with Crippen LogP contribution in [0, 0.1) is 11.3 Å². The molecule has 0 saturated carbocycles. The van der Waals surface area contributed by atoms with Gasteiger partial charge in [0.25, 0.3) is 5.56 Å². The Bertz CT molecular complexity index is 1250. The van der Waals surface area contributed by atoms with Crippen molar-refractivity contribution in [3.8, 4) is 11.9 Å². The summed E-state index contributed by atoms with van der Waals surface area (Å²) < 4.78 is 39.1. The Morgan fingerprint density at radius 1 is 1.03 bits per heavy atom. The fourth-order valence-electron chi connectivity index (χ4n) is 3.59. The molecule has 3 aromatic heterocycles. The summed E-state index contributed by atoms with van der Waals surface area (Å²) in [5, 5.41) is 13.3. The predicted octanol–water partition coefficient (Wildman–Crippen LogP) is 3.28. The maximum atomic E-state index is 12.8. The lowest BCUT2D eigenvalue weighted by Gasteiger charge is -2.25. The van der Waals surface area contributed by atoms with E-state index < -0.39 is 17.3 Å². The zero-order valence-corrected chi connectivity index (χ0v) is 17.9. The van der Waals surface area contributed by atoms with Crippen LogP contribution in [0.5, 0.6) is 0 Å². The summed E-state index contributed by atoms with van der Waals surface area (Å²) >= 11 is 6.35.